The fourth-order valence-corrected chi connectivity index (χ4v) is 3.07. The molecule has 2 aromatic rings. The molecule has 0 aromatic heterocycles. The van der Waals surface area contributed by atoms with Gasteiger partial charge in [0.1, 0.15) is 0 Å². The number of carbonyl (C=O) groups excluding carboxylic acids is 1. The lowest BCUT2D eigenvalue weighted by molar-refractivity contribution is 0.0980. The SMILES string of the molecule is CN(C)[C@@H]1CCN(C(=O)c2ccc(N)cc2)c2ccccc21. The predicted molar refractivity (Wildman–Crippen MR) is 90.0 cm³/mol. The smallest absolute Gasteiger partial charge is 0.258 e. The number of nitrogens with two attached hydrogens (primary N) is 1. The van der Waals surface area contributed by atoms with Gasteiger partial charge in [-0.05, 0) is 56.4 Å². The van der Waals surface area contributed by atoms with Crippen molar-refractivity contribution in [2.45, 2.75) is 12.5 Å². The Morgan fingerprint density at radius 3 is 2.50 bits per heavy atom. The largest absolute Gasteiger partial charge is 0.399 e. The second-order valence-corrected chi connectivity index (χ2v) is 5.91. The predicted octanol–water partition coefficient (Wildman–Crippen LogP) is 2.92. The molecule has 1 aliphatic rings. The normalized spacial score (nSPS) is 17.4. The Labute approximate surface area is 131 Å². The second kappa shape index (κ2) is 5.81. The van der Waals surface area contributed by atoms with Gasteiger partial charge < -0.3 is 15.5 Å². The molecular formula is C18H21N3O. The summed E-state index contributed by atoms with van der Waals surface area (Å²) in [5.74, 6) is 0.0321. The van der Waals surface area contributed by atoms with E-state index in [-0.39, 0.29) is 5.91 Å². The van der Waals surface area contributed by atoms with Gasteiger partial charge >= 0.3 is 0 Å². The van der Waals surface area contributed by atoms with E-state index >= 15 is 0 Å². The van der Waals surface area contributed by atoms with Crippen LogP contribution in [0.2, 0.25) is 0 Å². The molecule has 0 spiro atoms. The fraction of sp³-hybridized carbons (Fsp3) is 0.278. The highest BCUT2D eigenvalue weighted by Gasteiger charge is 2.29. The minimum Gasteiger partial charge on any atom is -0.399 e. The molecule has 0 fully saturated rings. The molecule has 114 valence electrons. The highest BCUT2D eigenvalue weighted by Crippen LogP contribution is 2.36. The van der Waals surface area contributed by atoms with Crippen LogP contribution in [-0.2, 0) is 0 Å². The average molecular weight is 295 g/mol. The van der Waals surface area contributed by atoms with Crippen LogP contribution in [0.5, 0.6) is 0 Å². The average Bonchev–Trinajstić information content (AvgIpc) is 2.53. The number of nitrogens with zero attached hydrogens (tertiary/aromatic N) is 2. The van der Waals surface area contributed by atoms with Gasteiger partial charge in [0, 0.05) is 29.5 Å². The number of benzene rings is 2. The first-order chi connectivity index (χ1) is 10.6. The summed E-state index contributed by atoms with van der Waals surface area (Å²) in [4.78, 5) is 16.9. The van der Waals surface area contributed by atoms with Crippen LogP contribution >= 0.6 is 0 Å². The molecule has 4 heteroatoms. The summed E-state index contributed by atoms with van der Waals surface area (Å²) in [5.41, 5.74) is 9.27. The number of carbonyl (C=O) groups is 1. The molecule has 0 radical (unpaired) electrons. The lowest BCUT2D eigenvalue weighted by Gasteiger charge is -2.37. The van der Waals surface area contributed by atoms with Gasteiger partial charge in [0.05, 0.1) is 0 Å². The van der Waals surface area contributed by atoms with Crippen LogP contribution in [0.3, 0.4) is 0 Å². The van der Waals surface area contributed by atoms with Crippen molar-refractivity contribution in [1.29, 1.82) is 0 Å². The summed E-state index contributed by atoms with van der Waals surface area (Å²) < 4.78 is 0. The zero-order chi connectivity index (χ0) is 15.7. The maximum atomic E-state index is 12.8. The zero-order valence-electron chi connectivity index (χ0n) is 13.0. The van der Waals surface area contributed by atoms with Crippen molar-refractivity contribution in [3.8, 4) is 0 Å². The third-order valence-corrected chi connectivity index (χ3v) is 4.24. The van der Waals surface area contributed by atoms with Crippen LogP contribution in [0.15, 0.2) is 48.5 Å². The molecule has 0 saturated carbocycles. The van der Waals surface area contributed by atoms with Crippen molar-refractivity contribution in [2.24, 2.45) is 0 Å². The van der Waals surface area contributed by atoms with Gasteiger partial charge in [-0.3, -0.25) is 4.79 Å². The Morgan fingerprint density at radius 2 is 1.82 bits per heavy atom. The molecule has 1 heterocycles. The monoisotopic (exact) mass is 295 g/mol. The van der Waals surface area contributed by atoms with E-state index in [4.69, 9.17) is 5.73 Å². The Kier molecular flexibility index (Phi) is 3.86. The van der Waals surface area contributed by atoms with E-state index in [0.29, 0.717) is 17.3 Å². The van der Waals surface area contributed by atoms with Gasteiger partial charge in [-0.25, -0.2) is 0 Å². The molecule has 0 saturated heterocycles. The molecule has 1 atom stereocenters. The molecule has 1 aliphatic heterocycles. The van der Waals surface area contributed by atoms with Crippen molar-refractivity contribution in [3.63, 3.8) is 0 Å². The maximum absolute atomic E-state index is 12.8. The number of nitrogen functional groups attached to an aromatic ring is 1. The van der Waals surface area contributed by atoms with Crippen LogP contribution in [0, 0.1) is 0 Å². The lowest BCUT2D eigenvalue weighted by atomic mass is 9.95. The number of anilines is 2. The van der Waals surface area contributed by atoms with Crippen LogP contribution in [-0.4, -0.2) is 31.4 Å². The Hall–Kier alpha value is -2.33. The topological polar surface area (TPSA) is 49.6 Å². The molecule has 0 bridgehead atoms. The summed E-state index contributed by atoms with van der Waals surface area (Å²) in [5, 5.41) is 0. The van der Waals surface area contributed by atoms with Gasteiger partial charge in [0.25, 0.3) is 5.91 Å². The number of rotatable bonds is 2. The minimum atomic E-state index is 0.0321. The quantitative estimate of drug-likeness (QED) is 0.867. The number of hydrogen-bond acceptors (Lipinski definition) is 3. The van der Waals surface area contributed by atoms with E-state index in [2.05, 4.69) is 25.1 Å². The molecular weight excluding hydrogens is 274 g/mol. The van der Waals surface area contributed by atoms with E-state index in [9.17, 15) is 4.79 Å². The van der Waals surface area contributed by atoms with Gasteiger partial charge in [0.15, 0.2) is 0 Å². The molecule has 0 unspecified atom stereocenters. The highest BCUT2D eigenvalue weighted by atomic mass is 16.2. The van der Waals surface area contributed by atoms with Gasteiger partial charge in [-0.1, -0.05) is 18.2 Å². The first-order valence-corrected chi connectivity index (χ1v) is 7.50. The van der Waals surface area contributed by atoms with Gasteiger partial charge in [0.2, 0.25) is 0 Å². The van der Waals surface area contributed by atoms with Crippen LogP contribution in [0.25, 0.3) is 0 Å². The van der Waals surface area contributed by atoms with E-state index in [1.807, 2.05) is 23.1 Å². The van der Waals surface area contributed by atoms with Crippen molar-refractivity contribution in [1.82, 2.24) is 4.90 Å². The number of amides is 1. The summed E-state index contributed by atoms with van der Waals surface area (Å²) >= 11 is 0. The summed E-state index contributed by atoms with van der Waals surface area (Å²) in [6, 6.07) is 15.6. The van der Waals surface area contributed by atoms with Crippen molar-refractivity contribution >= 4 is 17.3 Å². The number of para-hydroxylation sites is 1. The Morgan fingerprint density at radius 1 is 1.14 bits per heavy atom. The van der Waals surface area contributed by atoms with Crippen LogP contribution < -0.4 is 10.6 Å². The fourth-order valence-electron chi connectivity index (χ4n) is 3.07. The zero-order valence-corrected chi connectivity index (χ0v) is 13.0. The third kappa shape index (κ3) is 2.57. The van der Waals surface area contributed by atoms with Crippen LogP contribution in [0.1, 0.15) is 28.4 Å². The summed E-state index contributed by atoms with van der Waals surface area (Å²) in [6.45, 7) is 0.725. The first-order valence-electron chi connectivity index (χ1n) is 7.50. The van der Waals surface area contributed by atoms with E-state index in [1.54, 1.807) is 24.3 Å². The van der Waals surface area contributed by atoms with E-state index < -0.39 is 0 Å². The minimum absolute atomic E-state index is 0.0321. The van der Waals surface area contributed by atoms with E-state index in [0.717, 1.165) is 18.7 Å². The maximum Gasteiger partial charge on any atom is 0.258 e. The first kappa shape index (κ1) is 14.6. The molecule has 22 heavy (non-hydrogen) atoms. The summed E-state index contributed by atoms with van der Waals surface area (Å²) in [6.07, 6.45) is 0.935. The molecule has 0 aliphatic carbocycles. The standard InChI is InChI=1S/C18H21N3O/c1-20(2)16-11-12-21(17-6-4-3-5-15(16)17)18(22)13-7-9-14(19)10-8-13/h3-10,16H,11-12,19H2,1-2H3/t16-/m1/s1. The Balaban J connectivity index is 1.96. The van der Waals surface area contributed by atoms with Gasteiger partial charge in [-0.15, -0.1) is 0 Å². The molecule has 1 amide bonds. The molecule has 4 nitrogen and oxygen atoms in total. The molecule has 2 N–H and O–H groups in total. The number of hydrogen-bond donors (Lipinski definition) is 1. The lowest BCUT2D eigenvalue weighted by Crippen LogP contribution is -2.39. The van der Waals surface area contributed by atoms with Crippen LogP contribution in [0.4, 0.5) is 11.4 Å². The number of fused-ring (bicyclic) bond motifs is 1. The molecule has 2 aromatic carbocycles. The third-order valence-electron chi connectivity index (χ3n) is 4.24. The Bertz CT molecular complexity index is 679. The van der Waals surface area contributed by atoms with Crippen molar-refractivity contribution < 1.29 is 4.79 Å². The van der Waals surface area contributed by atoms with Crippen molar-refractivity contribution in [3.05, 3.63) is 59.7 Å². The molecule has 3 rings (SSSR count). The highest BCUT2D eigenvalue weighted by molar-refractivity contribution is 6.07. The van der Waals surface area contributed by atoms with Crippen molar-refractivity contribution in [2.75, 3.05) is 31.3 Å². The van der Waals surface area contributed by atoms with E-state index in [1.165, 1.54) is 5.56 Å². The van der Waals surface area contributed by atoms with Gasteiger partial charge in [-0.2, -0.15) is 0 Å². The second-order valence-electron chi connectivity index (χ2n) is 5.91. The summed E-state index contributed by atoms with van der Waals surface area (Å²) in [7, 11) is 4.16.